The fourth-order valence-electron chi connectivity index (χ4n) is 2.77. The minimum Gasteiger partial charge on any atom is -0.380 e. The maximum Gasteiger partial charge on any atom is 0.143 e. The van der Waals surface area contributed by atoms with Crippen molar-refractivity contribution in [1.82, 2.24) is 0 Å². The lowest BCUT2D eigenvalue weighted by atomic mass is 9.76. The van der Waals surface area contributed by atoms with Gasteiger partial charge in [0.05, 0.1) is 12.5 Å². The first kappa shape index (κ1) is 13.9. The molecule has 0 saturated heterocycles. The summed E-state index contributed by atoms with van der Waals surface area (Å²) in [5.41, 5.74) is 2.36. The quantitative estimate of drug-likeness (QED) is 0.782. The van der Waals surface area contributed by atoms with E-state index in [1.165, 1.54) is 12.5 Å². The van der Waals surface area contributed by atoms with Gasteiger partial charge in [-0.3, -0.25) is 9.59 Å². The molecule has 1 aliphatic rings. The van der Waals surface area contributed by atoms with Gasteiger partial charge in [-0.1, -0.05) is 24.3 Å². The van der Waals surface area contributed by atoms with Crippen LogP contribution in [0.4, 0.5) is 0 Å². The predicted octanol–water partition coefficient (Wildman–Crippen LogP) is 2.87. The number of methoxy groups -OCH3 is 1. The summed E-state index contributed by atoms with van der Waals surface area (Å²) >= 11 is 0. The lowest BCUT2D eigenvalue weighted by Gasteiger charge is -2.27. The van der Waals surface area contributed by atoms with Crippen LogP contribution in [0.5, 0.6) is 0 Å². The van der Waals surface area contributed by atoms with Crippen LogP contribution in [0.25, 0.3) is 0 Å². The summed E-state index contributed by atoms with van der Waals surface area (Å²) in [6.07, 6.45) is 2.04. The number of carbonyl (C=O) groups excluding carboxylic acids is 2. The highest BCUT2D eigenvalue weighted by Gasteiger charge is 2.32. The van der Waals surface area contributed by atoms with E-state index in [9.17, 15) is 9.59 Å². The number of hydrogen-bond donors (Lipinski definition) is 0. The largest absolute Gasteiger partial charge is 0.380 e. The average molecular weight is 260 g/mol. The SMILES string of the molecule is COCc1ccc([C@H]2CCC(=O)[C@H](C(C)=O)C2)cc1. The van der Waals surface area contributed by atoms with E-state index in [1.54, 1.807) is 7.11 Å². The van der Waals surface area contributed by atoms with E-state index >= 15 is 0 Å². The van der Waals surface area contributed by atoms with Crippen LogP contribution in [0.3, 0.4) is 0 Å². The molecule has 0 spiro atoms. The van der Waals surface area contributed by atoms with Crippen molar-refractivity contribution in [1.29, 1.82) is 0 Å². The van der Waals surface area contributed by atoms with E-state index in [0.717, 1.165) is 12.0 Å². The molecule has 3 heteroatoms. The highest BCUT2D eigenvalue weighted by Crippen LogP contribution is 2.34. The summed E-state index contributed by atoms with van der Waals surface area (Å²) in [6.45, 7) is 2.13. The normalized spacial score (nSPS) is 23.4. The fourth-order valence-corrected chi connectivity index (χ4v) is 2.77. The van der Waals surface area contributed by atoms with Crippen molar-refractivity contribution in [3.8, 4) is 0 Å². The molecule has 0 amide bonds. The lowest BCUT2D eigenvalue weighted by molar-refractivity contribution is -0.133. The summed E-state index contributed by atoms with van der Waals surface area (Å²) < 4.78 is 5.09. The summed E-state index contributed by atoms with van der Waals surface area (Å²) in [6, 6.07) is 8.29. The van der Waals surface area contributed by atoms with Crippen LogP contribution in [0, 0.1) is 5.92 Å². The molecule has 19 heavy (non-hydrogen) atoms. The fraction of sp³-hybridized carbons (Fsp3) is 0.500. The first-order chi connectivity index (χ1) is 9.11. The predicted molar refractivity (Wildman–Crippen MR) is 72.9 cm³/mol. The maximum absolute atomic E-state index is 11.7. The van der Waals surface area contributed by atoms with Crippen molar-refractivity contribution in [3.05, 3.63) is 35.4 Å². The molecule has 0 unspecified atom stereocenters. The summed E-state index contributed by atoms with van der Waals surface area (Å²) in [7, 11) is 1.68. The second-order valence-corrected chi connectivity index (χ2v) is 5.28. The van der Waals surface area contributed by atoms with E-state index < -0.39 is 5.92 Å². The van der Waals surface area contributed by atoms with E-state index in [1.807, 2.05) is 0 Å². The number of rotatable bonds is 4. The van der Waals surface area contributed by atoms with E-state index in [4.69, 9.17) is 4.74 Å². The third kappa shape index (κ3) is 3.29. The van der Waals surface area contributed by atoms with Gasteiger partial charge in [0, 0.05) is 13.5 Å². The molecule has 102 valence electrons. The molecule has 0 radical (unpaired) electrons. The molecule has 1 aliphatic carbocycles. The molecule has 0 bridgehead atoms. The van der Waals surface area contributed by atoms with E-state index in [0.29, 0.717) is 25.4 Å². The van der Waals surface area contributed by atoms with Crippen LogP contribution < -0.4 is 0 Å². The first-order valence-electron chi connectivity index (χ1n) is 6.72. The number of benzene rings is 1. The molecular weight excluding hydrogens is 240 g/mol. The van der Waals surface area contributed by atoms with Crippen LogP contribution in [0.2, 0.25) is 0 Å². The Bertz CT molecular complexity index is 461. The molecule has 1 aromatic carbocycles. The lowest BCUT2D eigenvalue weighted by Crippen LogP contribution is -2.29. The Balaban J connectivity index is 2.09. The minimum atomic E-state index is -0.391. The maximum atomic E-state index is 11.7. The standard InChI is InChI=1S/C16H20O3/c1-11(17)15-9-14(7-8-16(15)18)13-5-3-12(4-6-13)10-19-2/h3-6,14-15H,7-10H2,1-2H3/t14-,15-/m0/s1. The van der Waals surface area contributed by atoms with Crippen molar-refractivity contribution < 1.29 is 14.3 Å². The zero-order chi connectivity index (χ0) is 13.8. The average Bonchev–Trinajstić information content (AvgIpc) is 2.40. The minimum absolute atomic E-state index is 0.00528. The van der Waals surface area contributed by atoms with Gasteiger partial charge >= 0.3 is 0 Å². The van der Waals surface area contributed by atoms with Crippen molar-refractivity contribution in [3.63, 3.8) is 0 Å². The van der Waals surface area contributed by atoms with E-state index in [2.05, 4.69) is 24.3 Å². The van der Waals surface area contributed by atoms with Gasteiger partial charge in [0.25, 0.3) is 0 Å². The Kier molecular flexibility index (Phi) is 4.48. The highest BCUT2D eigenvalue weighted by atomic mass is 16.5. The molecule has 3 nitrogen and oxygen atoms in total. The van der Waals surface area contributed by atoms with Crippen LogP contribution in [-0.2, 0) is 20.9 Å². The van der Waals surface area contributed by atoms with Crippen molar-refractivity contribution in [2.45, 2.75) is 38.7 Å². The third-order valence-corrected chi connectivity index (χ3v) is 3.90. The van der Waals surface area contributed by atoms with Crippen LogP contribution >= 0.6 is 0 Å². The van der Waals surface area contributed by atoms with Crippen LogP contribution in [0.1, 0.15) is 43.2 Å². The second-order valence-electron chi connectivity index (χ2n) is 5.28. The number of Topliss-reactive ketones (excluding diaryl/α,β-unsaturated/α-hetero) is 2. The monoisotopic (exact) mass is 260 g/mol. The van der Waals surface area contributed by atoms with Crippen molar-refractivity contribution in [2.75, 3.05) is 7.11 Å². The molecule has 0 heterocycles. The molecule has 0 aliphatic heterocycles. The van der Waals surface area contributed by atoms with E-state index in [-0.39, 0.29) is 11.6 Å². The number of hydrogen-bond acceptors (Lipinski definition) is 3. The highest BCUT2D eigenvalue weighted by molar-refractivity contribution is 6.01. The topological polar surface area (TPSA) is 43.4 Å². The van der Waals surface area contributed by atoms with Gasteiger partial charge in [-0.2, -0.15) is 0 Å². The van der Waals surface area contributed by atoms with Gasteiger partial charge < -0.3 is 4.74 Å². The molecule has 0 N–H and O–H groups in total. The molecule has 1 fully saturated rings. The molecule has 2 rings (SSSR count). The smallest absolute Gasteiger partial charge is 0.143 e. The number of ether oxygens (including phenoxy) is 1. The van der Waals surface area contributed by atoms with Gasteiger partial charge in [0.1, 0.15) is 11.6 Å². The Morgan fingerprint density at radius 3 is 2.58 bits per heavy atom. The van der Waals surface area contributed by atoms with Crippen LogP contribution in [0.15, 0.2) is 24.3 Å². The van der Waals surface area contributed by atoms with Gasteiger partial charge in [0.2, 0.25) is 0 Å². The second kappa shape index (κ2) is 6.11. The Labute approximate surface area is 114 Å². The van der Waals surface area contributed by atoms with Crippen molar-refractivity contribution in [2.24, 2.45) is 5.92 Å². The summed E-state index contributed by atoms with van der Waals surface area (Å²) in [4.78, 5) is 23.2. The van der Waals surface area contributed by atoms with Gasteiger partial charge in [-0.15, -0.1) is 0 Å². The summed E-state index contributed by atoms with van der Waals surface area (Å²) in [5, 5.41) is 0. The van der Waals surface area contributed by atoms with Crippen LogP contribution in [-0.4, -0.2) is 18.7 Å². The Morgan fingerprint density at radius 2 is 2.00 bits per heavy atom. The van der Waals surface area contributed by atoms with Gasteiger partial charge in [-0.05, 0) is 36.8 Å². The molecule has 2 atom stereocenters. The molecular formula is C16H20O3. The Hall–Kier alpha value is -1.48. The molecule has 1 saturated carbocycles. The number of ketones is 2. The summed E-state index contributed by atoms with van der Waals surface area (Å²) in [5.74, 6) is 0.0473. The first-order valence-corrected chi connectivity index (χ1v) is 6.72. The third-order valence-electron chi connectivity index (χ3n) is 3.90. The zero-order valence-corrected chi connectivity index (χ0v) is 11.5. The number of carbonyl (C=O) groups is 2. The van der Waals surface area contributed by atoms with Gasteiger partial charge in [-0.25, -0.2) is 0 Å². The Morgan fingerprint density at radius 1 is 1.32 bits per heavy atom. The molecule has 1 aromatic rings. The van der Waals surface area contributed by atoms with Crippen molar-refractivity contribution >= 4 is 11.6 Å². The molecule has 0 aromatic heterocycles. The zero-order valence-electron chi connectivity index (χ0n) is 11.5. The van der Waals surface area contributed by atoms with Gasteiger partial charge in [0.15, 0.2) is 0 Å².